The van der Waals surface area contributed by atoms with Crippen molar-refractivity contribution in [1.82, 2.24) is 0 Å². The molecular formula is C11H13BrFNO2. The Balaban J connectivity index is 2.44. The highest BCUT2D eigenvalue weighted by atomic mass is 79.9. The summed E-state index contributed by atoms with van der Waals surface area (Å²) in [6.07, 6.45) is -0.787. The Hall–Kier alpha value is -0.490. The molecule has 1 saturated heterocycles. The quantitative estimate of drug-likeness (QED) is 0.879. The van der Waals surface area contributed by atoms with Crippen LogP contribution in [0, 0.1) is 5.82 Å². The molecule has 3 nitrogen and oxygen atoms in total. The molecule has 5 heteroatoms. The zero-order valence-electron chi connectivity index (χ0n) is 8.62. The maximum absolute atomic E-state index is 13.8. The number of halogens is 2. The van der Waals surface area contributed by atoms with Gasteiger partial charge in [-0.1, -0.05) is 15.9 Å². The normalized spacial score (nSPS) is 20.2. The largest absolute Gasteiger partial charge is 0.391 e. The van der Waals surface area contributed by atoms with Crippen molar-refractivity contribution in [3.8, 4) is 0 Å². The topological polar surface area (TPSA) is 55.5 Å². The van der Waals surface area contributed by atoms with Crippen LogP contribution in [0.25, 0.3) is 0 Å². The summed E-state index contributed by atoms with van der Waals surface area (Å²) in [5.41, 5.74) is 5.23. The van der Waals surface area contributed by atoms with E-state index in [1.807, 2.05) is 0 Å². The van der Waals surface area contributed by atoms with E-state index in [0.717, 1.165) is 4.47 Å². The summed E-state index contributed by atoms with van der Waals surface area (Å²) in [7, 11) is 0. The molecule has 1 heterocycles. The predicted octanol–water partition coefficient (Wildman–Crippen LogP) is 1.18. The van der Waals surface area contributed by atoms with Crippen molar-refractivity contribution in [3.05, 3.63) is 34.1 Å². The first-order valence-electron chi connectivity index (χ1n) is 5.01. The second-order valence-electron chi connectivity index (χ2n) is 4.02. The predicted molar refractivity (Wildman–Crippen MR) is 61.7 cm³/mol. The van der Waals surface area contributed by atoms with Gasteiger partial charge in [0.1, 0.15) is 5.82 Å². The van der Waals surface area contributed by atoms with Gasteiger partial charge in [0.2, 0.25) is 0 Å². The molecule has 3 N–H and O–H groups in total. The van der Waals surface area contributed by atoms with E-state index >= 15 is 0 Å². The summed E-state index contributed by atoms with van der Waals surface area (Å²) in [4.78, 5) is 0. The molecule has 1 unspecified atom stereocenters. The third-order valence-electron chi connectivity index (χ3n) is 3.05. The average Bonchev–Trinajstić information content (AvgIpc) is 2.21. The third kappa shape index (κ3) is 1.78. The summed E-state index contributed by atoms with van der Waals surface area (Å²) >= 11 is 3.29. The van der Waals surface area contributed by atoms with Gasteiger partial charge in [0, 0.05) is 16.6 Å². The van der Waals surface area contributed by atoms with Gasteiger partial charge in [-0.3, -0.25) is 0 Å². The minimum absolute atomic E-state index is 0.0926. The van der Waals surface area contributed by atoms with Gasteiger partial charge >= 0.3 is 0 Å². The summed E-state index contributed by atoms with van der Waals surface area (Å²) < 4.78 is 19.6. The molecule has 1 aliphatic rings. The van der Waals surface area contributed by atoms with Crippen molar-refractivity contribution in [2.24, 2.45) is 5.73 Å². The number of hydrogen-bond acceptors (Lipinski definition) is 3. The van der Waals surface area contributed by atoms with Crippen LogP contribution < -0.4 is 5.73 Å². The van der Waals surface area contributed by atoms with Crippen LogP contribution in [0.5, 0.6) is 0 Å². The molecule has 0 spiro atoms. The Kier molecular flexibility index (Phi) is 3.30. The summed E-state index contributed by atoms with van der Waals surface area (Å²) in [5, 5.41) is 9.91. The first-order chi connectivity index (χ1) is 7.60. The van der Waals surface area contributed by atoms with Gasteiger partial charge in [-0.05, 0) is 18.2 Å². The third-order valence-corrected chi connectivity index (χ3v) is 3.54. The minimum Gasteiger partial charge on any atom is -0.391 e. The molecule has 0 aliphatic carbocycles. The Morgan fingerprint density at radius 3 is 2.75 bits per heavy atom. The number of benzene rings is 1. The lowest BCUT2D eigenvalue weighted by Gasteiger charge is -2.45. The SMILES string of the molecule is NCC(O)C1(c2cc(Br)ccc2F)COC1. The van der Waals surface area contributed by atoms with Gasteiger partial charge < -0.3 is 15.6 Å². The fourth-order valence-electron chi connectivity index (χ4n) is 1.95. The van der Waals surface area contributed by atoms with Crippen molar-refractivity contribution in [1.29, 1.82) is 0 Å². The molecule has 1 atom stereocenters. The molecule has 0 amide bonds. The first kappa shape index (κ1) is 12.0. The van der Waals surface area contributed by atoms with E-state index < -0.39 is 11.5 Å². The molecule has 1 aliphatic heterocycles. The van der Waals surface area contributed by atoms with Crippen LogP contribution in [0.3, 0.4) is 0 Å². The molecule has 88 valence electrons. The van der Waals surface area contributed by atoms with Gasteiger partial charge in [-0.25, -0.2) is 4.39 Å². The fourth-order valence-corrected chi connectivity index (χ4v) is 2.32. The van der Waals surface area contributed by atoms with Gasteiger partial charge in [0.15, 0.2) is 0 Å². The number of aliphatic hydroxyl groups is 1. The lowest BCUT2D eigenvalue weighted by Crippen LogP contribution is -2.58. The second kappa shape index (κ2) is 4.41. The lowest BCUT2D eigenvalue weighted by atomic mass is 9.73. The molecule has 0 radical (unpaired) electrons. The standard InChI is InChI=1S/C11H13BrFNO2/c12-7-1-2-9(13)8(3-7)11(5-16-6-11)10(15)4-14/h1-3,10,15H,4-6,14H2. The van der Waals surface area contributed by atoms with Gasteiger partial charge in [0.25, 0.3) is 0 Å². The van der Waals surface area contributed by atoms with Gasteiger partial charge in [-0.15, -0.1) is 0 Å². The second-order valence-corrected chi connectivity index (χ2v) is 4.94. The molecule has 0 aromatic heterocycles. The van der Waals surface area contributed by atoms with Crippen LogP contribution in [0.2, 0.25) is 0 Å². The molecule has 0 saturated carbocycles. The average molecular weight is 290 g/mol. The Morgan fingerprint density at radius 1 is 1.56 bits per heavy atom. The molecule has 1 aromatic rings. The van der Waals surface area contributed by atoms with E-state index in [0.29, 0.717) is 18.8 Å². The smallest absolute Gasteiger partial charge is 0.127 e. The van der Waals surface area contributed by atoms with Crippen molar-refractivity contribution >= 4 is 15.9 Å². The first-order valence-corrected chi connectivity index (χ1v) is 5.81. The van der Waals surface area contributed by atoms with Crippen LogP contribution in [-0.2, 0) is 10.2 Å². The summed E-state index contributed by atoms with van der Waals surface area (Å²) in [6.45, 7) is 0.701. The van der Waals surface area contributed by atoms with Crippen molar-refractivity contribution in [2.75, 3.05) is 19.8 Å². The van der Waals surface area contributed by atoms with Crippen LogP contribution in [0.15, 0.2) is 22.7 Å². The zero-order valence-corrected chi connectivity index (χ0v) is 10.2. The van der Waals surface area contributed by atoms with Crippen LogP contribution >= 0.6 is 15.9 Å². The van der Waals surface area contributed by atoms with E-state index in [9.17, 15) is 9.50 Å². The number of hydrogen-bond donors (Lipinski definition) is 2. The summed E-state index contributed by atoms with van der Waals surface area (Å²) in [5.74, 6) is -0.334. The Labute approximate surface area is 102 Å². The molecule has 2 rings (SSSR count). The van der Waals surface area contributed by atoms with Gasteiger partial charge in [0.05, 0.1) is 24.7 Å². The lowest BCUT2D eigenvalue weighted by molar-refractivity contribution is -0.118. The Bertz CT molecular complexity index is 396. The fraction of sp³-hybridized carbons (Fsp3) is 0.455. The van der Waals surface area contributed by atoms with Crippen molar-refractivity contribution in [2.45, 2.75) is 11.5 Å². The van der Waals surface area contributed by atoms with Crippen LogP contribution in [0.4, 0.5) is 4.39 Å². The number of aliphatic hydroxyl groups excluding tert-OH is 1. The summed E-state index contributed by atoms with van der Waals surface area (Å²) in [6, 6.07) is 4.68. The van der Waals surface area contributed by atoms with E-state index in [-0.39, 0.29) is 12.4 Å². The highest BCUT2D eigenvalue weighted by Gasteiger charge is 2.47. The highest BCUT2D eigenvalue weighted by molar-refractivity contribution is 9.10. The minimum atomic E-state index is -0.787. The van der Waals surface area contributed by atoms with Crippen LogP contribution in [-0.4, -0.2) is 31.0 Å². The number of rotatable bonds is 3. The van der Waals surface area contributed by atoms with Crippen molar-refractivity contribution in [3.63, 3.8) is 0 Å². The molecule has 1 fully saturated rings. The van der Waals surface area contributed by atoms with Crippen molar-refractivity contribution < 1.29 is 14.2 Å². The Morgan fingerprint density at radius 2 is 2.25 bits per heavy atom. The van der Waals surface area contributed by atoms with E-state index in [2.05, 4.69) is 15.9 Å². The maximum atomic E-state index is 13.8. The maximum Gasteiger partial charge on any atom is 0.127 e. The van der Waals surface area contributed by atoms with E-state index in [1.54, 1.807) is 12.1 Å². The van der Waals surface area contributed by atoms with E-state index in [1.165, 1.54) is 6.07 Å². The van der Waals surface area contributed by atoms with Crippen LogP contribution in [0.1, 0.15) is 5.56 Å². The molecule has 1 aromatic carbocycles. The highest BCUT2D eigenvalue weighted by Crippen LogP contribution is 2.38. The zero-order chi connectivity index (χ0) is 11.8. The molecular weight excluding hydrogens is 277 g/mol. The monoisotopic (exact) mass is 289 g/mol. The molecule has 0 bridgehead atoms. The van der Waals surface area contributed by atoms with E-state index in [4.69, 9.17) is 10.5 Å². The molecule has 16 heavy (non-hydrogen) atoms. The number of nitrogens with two attached hydrogens (primary N) is 1. The van der Waals surface area contributed by atoms with Gasteiger partial charge in [-0.2, -0.15) is 0 Å². The number of ether oxygens (including phenoxy) is 1.